The molecule has 4 heteroatoms. The second-order valence-electron chi connectivity index (χ2n) is 13.9. The third-order valence-electron chi connectivity index (χ3n) is 10.7. The molecule has 55 heavy (non-hydrogen) atoms. The van der Waals surface area contributed by atoms with Crippen molar-refractivity contribution in [3.05, 3.63) is 188 Å². The molecule has 0 aliphatic carbocycles. The highest BCUT2D eigenvalue weighted by Gasteiger charge is 2.21. The summed E-state index contributed by atoms with van der Waals surface area (Å²) in [6, 6.07) is 65.7. The van der Waals surface area contributed by atoms with Gasteiger partial charge in [0.1, 0.15) is 11.2 Å². The summed E-state index contributed by atoms with van der Waals surface area (Å²) < 4.78 is 6.58. The summed E-state index contributed by atoms with van der Waals surface area (Å²) in [7, 11) is 0. The van der Waals surface area contributed by atoms with Crippen LogP contribution >= 0.6 is 0 Å². The molecule has 0 radical (unpaired) electrons. The maximum Gasteiger partial charge on any atom is 0.164 e. The number of rotatable bonds is 5. The molecule has 2 heterocycles. The van der Waals surface area contributed by atoms with E-state index in [1.807, 2.05) is 48.5 Å². The van der Waals surface area contributed by atoms with E-state index in [4.69, 9.17) is 19.4 Å². The normalized spacial score (nSPS) is 11.6. The number of furan rings is 1. The molecule has 256 valence electrons. The molecule has 0 saturated heterocycles. The first-order valence-electron chi connectivity index (χ1n) is 18.5. The molecule has 0 atom stereocenters. The van der Waals surface area contributed by atoms with Crippen LogP contribution in [0.3, 0.4) is 0 Å². The van der Waals surface area contributed by atoms with E-state index in [0.717, 1.165) is 77.0 Å². The van der Waals surface area contributed by atoms with Crippen molar-refractivity contribution in [3.8, 4) is 56.4 Å². The number of hydrogen-bond donors (Lipinski definition) is 0. The highest BCUT2D eigenvalue weighted by molar-refractivity contribution is 6.29. The van der Waals surface area contributed by atoms with Gasteiger partial charge >= 0.3 is 0 Å². The summed E-state index contributed by atoms with van der Waals surface area (Å²) in [5.41, 5.74) is 8.87. The van der Waals surface area contributed by atoms with Gasteiger partial charge in [0.05, 0.1) is 0 Å². The third kappa shape index (κ3) is 5.11. The third-order valence-corrected chi connectivity index (χ3v) is 10.7. The predicted octanol–water partition coefficient (Wildman–Crippen LogP) is 13.6. The zero-order valence-electron chi connectivity index (χ0n) is 29.6. The van der Waals surface area contributed by atoms with Crippen LogP contribution in [0, 0.1) is 0 Å². The monoisotopic (exact) mass is 701 g/mol. The standard InChI is InChI=1S/C51H31N3O/c1-3-16-32(17-4-1)49-52-50(33-18-5-2-6-19-33)54-51(53-49)45-31-34(30-44-39-24-10-9-22-37(39)38-23-11-12-26-41(38)47(44)45)35-20-7-8-21-36(35)42-27-15-28-43-40-25-13-14-29-46(40)55-48(42)43/h1-31H. The van der Waals surface area contributed by atoms with Crippen LogP contribution in [0.25, 0.3) is 111 Å². The Morgan fingerprint density at radius 2 is 0.782 bits per heavy atom. The maximum absolute atomic E-state index is 6.58. The molecule has 0 fully saturated rings. The number of fused-ring (bicyclic) bond motifs is 9. The molecule has 9 aromatic carbocycles. The van der Waals surface area contributed by atoms with Crippen molar-refractivity contribution in [2.45, 2.75) is 0 Å². The quantitative estimate of drug-likeness (QED) is 0.168. The second kappa shape index (κ2) is 12.6. The van der Waals surface area contributed by atoms with Crippen molar-refractivity contribution >= 4 is 54.3 Å². The summed E-state index contributed by atoms with van der Waals surface area (Å²) in [6.07, 6.45) is 0. The van der Waals surface area contributed by atoms with Crippen molar-refractivity contribution in [2.75, 3.05) is 0 Å². The first-order valence-corrected chi connectivity index (χ1v) is 18.5. The first kappa shape index (κ1) is 31.1. The van der Waals surface area contributed by atoms with E-state index >= 15 is 0 Å². The molecular formula is C51H31N3O. The lowest BCUT2D eigenvalue weighted by molar-refractivity contribution is 0.670. The zero-order valence-corrected chi connectivity index (χ0v) is 29.6. The molecule has 0 amide bonds. The Bertz CT molecular complexity index is 3200. The molecule has 11 aromatic rings. The van der Waals surface area contributed by atoms with Crippen LogP contribution in [-0.2, 0) is 0 Å². The fourth-order valence-corrected chi connectivity index (χ4v) is 8.22. The Hall–Kier alpha value is -7.43. The lowest BCUT2D eigenvalue weighted by atomic mass is 9.87. The smallest absolute Gasteiger partial charge is 0.164 e. The minimum atomic E-state index is 0.622. The lowest BCUT2D eigenvalue weighted by Gasteiger charge is -2.18. The largest absolute Gasteiger partial charge is 0.455 e. The number of nitrogens with zero attached hydrogens (tertiary/aromatic N) is 3. The van der Waals surface area contributed by atoms with E-state index in [0.29, 0.717) is 17.5 Å². The van der Waals surface area contributed by atoms with Crippen molar-refractivity contribution in [1.29, 1.82) is 0 Å². The molecule has 0 spiro atoms. The van der Waals surface area contributed by atoms with Gasteiger partial charge in [0.2, 0.25) is 0 Å². The van der Waals surface area contributed by atoms with Crippen LogP contribution in [0.4, 0.5) is 0 Å². The predicted molar refractivity (Wildman–Crippen MR) is 227 cm³/mol. The van der Waals surface area contributed by atoms with Crippen LogP contribution < -0.4 is 0 Å². The highest BCUT2D eigenvalue weighted by Crippen LogP contribution is 2.45. The van der Waals surface area contributed by atoms with Crippen LogP contribution in [0.15, 0.2) is 192 Å². The van der Waals surface area contributed by atoms with Crippen LogP contribution in [0.2, 0.25) is 0 Å². The highest BCUT2D eigenvalue weighted by atomic mass is 16.3. The van der Waals surface area contributed by atoms with Crippen molar-refractivity contribution in [1.82, 2.24) is 15.0 Å². The fourth-order valence-electron chi connectivity index (χ4n) is 8.22. The Balaban J connectivity index is 1.26. The SMILES string of the molecule is c1ccc(-c2nc(-c3ccccc3)nc(-c3cc(-c4ccccc4-c4cccc5c4oc4ccccc45)cc4c5ccccc5c5ccccc5c34)n2)cc1. The van der Waals surface area contributed by atoms with Gasteiger partial charge in [0.25, 0.3) is 0 Å². The number of hydrogen-bond acceptors (Lipinski definition) is 4. The van der Waals surface area contributed by atoms with Crippen LogP contribution in [-0.4, -0.2) is 15.0 Å². The number of para-hydroxylation sites is 2. The maximum atomic E-state index is 6.58. The van der Waals surface area contributed by atoms with E-state index in [-0.39, 0.29) is 0 Å². The Labute approximate surface area is 317 Å². The van der Waals surface area contributed by atoms with Crippen molar-refractivity contribution in [3.63, 3.8) is 0 Å². The zero-order chi connectivity index (χ0) is 36.3. The van der Waals surface area contributed by atoms with E-state index in [1.54, 1.807) is 0 Å². The average molecular weight is 702 g/mol. The molecule has 0 aliphatic rings. The molecule has 0 bridgehead atoms. The Morgan fingerprint density at radius 1 is 0.291 bits per heavy atom. The van der Waals surface area contributed by atoms with Gasteiger partial charge in [-0.05, 0) is 61.8 Å². The molecular weight excluding hydrogens is 671 g/mol. The van der Waals surface area contributed by atoms with Crippen LogP contribution in [0.5, 0.6) is 0 Å². The van der Waals surface area contributed by atoms with E-state index in [1.165, 1.54) is 16.2 Å². The van der Waals surface area contributed by atoms with Gasteiger partial charge in [-0.2, -0.15) is 0 Å². The van der Waals surface area contributed by atoms with Gasteiger partial charge < -0.3 is 4.42 Å². The van der Waals surface area contributed by atoms with E-state index in [9.17, 15) is 0 Å². The van der Waals surface area contributed by atoms with E-state index in [2.05, 4.69) is 140 Å². The summed E-state index contributed by atoms with van der Waals surface area (Å²) in [4.78, 5) is 15.6. The van der Waals surface area contributed by atoms with Gasteiger partial charge in [0, 0.05) is 38.4 Å². The van der Waals surface area contributed by atoms with Gasteiger partial charge in [-0.1, -0.05) is 170 Å². The van der Waals surface area contributed by atoms with Gasteiger partial charge in [-0.25, -0.2) is 15.0 Å². The minimum Gasteiger partial charge on any atom is -0.455 e. The van der Waals surface area contributed by atoms with Crippen LogP contribution in [0.1, 0.15) is 0 Å². The molecule has 2 aromatic heterocycles. The van der Waals surface area contributed by atoms with Crippen molar-refractivity contribution in [2.24, 2.45) is 0 Å². The molecule has 0 aliphatic heterocycles. The summed E-state index contributed by atoms with van der Waals surface area (Å²) >= 11 is 0. The number of benzene rings is 9. The van der Waals surface area contributed by atoms with Gasteiger partial charge in [-0.15, -0.1) is 0 Å². The average Bonchev–Trinajstić information content (AvgIpc) is 3.66. The van der Waals surface area contributed by atoms with Gasteiger partial charge in [0.15, 0.2) is 17.5 Å². The van der Waals surface area contributed by atoms with Gasteiger partial charge in [-0.3, -0.25) is 0 Å². The minimum absolute atomic E-state index is 0.622. The summed E-state index contributed by atoms with van der Waals surface area (Å²) in [5.74, 6) is 1.88. The Kier molecular flexibility index (Phi) is 7.14. The molecule has 0 N–H and O–H groups in total. The van der Waals surface area contributed by atoms with Crippen molar-refractivity contribution < 1.29 is 4.42 Å². The molecule has 0 unspecified atom stereocenters. The summed E-state index contributed by atoms with van der Waals surface area (Å²) in [5, 5.41) is 9.20. The van der Waals surface area contributed by atoms with E-state index < -0.39 is 0 Å². The molecule has 4 nitrogen and oxygen atoms in total. The lowest BCUT2D eigenvalue weighted by Crippen LogP contribution is -2.01. The summed E-state index contributed by atoms with van der Waals surface area (Å²) in [6.45, 7) is 0. The first-order chi connectivity index (χ1) is 27.3. The molecule has 11 rings (SSSR count). The Morgan fingerprint density at radius 3 is 1.47 bits per heavy atom. The topological polar surface area (TPSA) is 51.8 Å². The molecule has 0 saturated carbocycles. The fraction of sp³-hybridized carbons (Fsp3) is 0. The second-order valence-corrected chi connectivity index (χ2v) is 13.9. The number of aromatic nitrogens is 3.